The van der Waals surface area contributed by atoms with Crippen LogP contribution in [0.15, 0.2) is 0 Å². The molecule has 0 aromatic heterocycles. The van der Waals surface area contributed by atoms with Gasteiger partial charge >= 0.3 is 0 Å². The van der Waals surface area contributed by atoms with E-state index < -0.39 is 37.0 Å². The molecule has 0 aromatic carbocycles. The van der Waals surface area contributed by atoms with E-state index in [0.717, 1.165) is 0 Å². The van der Waals surface area contributed by atoms with E-state index >= 15 is 0 Å². The molecule has 0 saturated carbocycles. The summed E-state index contributed by atoms with van der Waals surface area (Å²) < 4.78 is 0. The van der Waals surface area contributed by atoms with Crippen LogP contribution in [0.25, 0.3) is 0 Å². The minimum Gasteiger partial charge on any atom is -0.547 e. The molecule has 7 N–H and O–H groups in total. The van der Waals surface area contributed by atoms with Crippen molar-refractivity contribution < 1.29 is 40.8 Å². The number of aliphatic hydroxyl groups is 5. The van der Waals surface area contributed by atoms with Crippen molar-refractivity contribution in [3.05, 3.63) is 0 Å². The number of carboxylic acids is 1. The van der Waals surface area contributed by atoms with Gasteiger partial charge in [0, 0.05) is 0 Å². The Kier molecular flexibility index (Phi) is 16.2. The molecule has 8 nitrogen and oxygen atoms in total. The molecule has 4 atom stereocenters. The molecule has 0 aliphatic heterocycles. The van der Waals surface area contributed by atoms with Crippen molar-refractivity contribution in [2.24, 2.45) is 0 Å². The molecule has 0 heterocycles. The highest BCUT2D eigenvalue weighted by atomic mass is 16.4. The van der Waals surface area contributed by atoms with Crippen LogP contribution in [0.3, 0.4) is 0 Å². The summed E-state index contributed by atoms with van der Waals surface area (Å²) >= 11 is 0. The van der Waals surface area contributed by atoms with Crippen LogP contribution in [0.4, 0.5) is 0 Å². The van der Waals surface area contributed by atoms with E-state index in [1.807, 2.05) is 0 Å². The van der Waals surface area contributed by atoms with Gasteiger partial charge in [0.15, 0.2) is 0 Å². The van der Waals surface area contributed by atoms with E-state index in [1.165, 1.54) is 38.8 Å². The lowest BCUT2D eigenvalue weighted by Crippen LogP contribution is -2.84. The van der Waals surface area contributed by atoms with Gasteiger partial charge in [-0.05, 0) is 12.8 Å². The second kappa shape index (κ2) is 15.1. The normalized spacial score (nSPS) is 16.1. The molecule has 0 aliphatic rings. The van der Waals surface area contributed by atoms with Gasteiger partial charge in [0.1, 0.15) is 24.4 Å². The maximum absolute atomic E-state index is 9.98. The van der Waals surface area contributed by atoms with Gasteiger partial charge in [0.25, 0.3) is 0 Å². The highest BCUT2D eigenvalue weighted by Gasteiger charge is 2.30. The summed E-state index contributed by atoms with van der Waals surface area (Å²) in [4.78, 5) is 9.98. The number of aliphatic carboxylic acids is 1. The maximum atomic E-state index is 9.98. The van der Waals surface area contributed by atoms with Crippen molar-refractivity contribution in [2.75, 3.05) is 19.7 Å². The summed E-state index contributed by atoms with van der Waals surface area (Å²) in [7, 11) is 0. The van der Waals surface area contributed by atoms with Crippen molar-refractivity contribution >= 4 is 5.97 Å². The minimum absolute atomic E-state index is 0.863. The third kappa shape index (κ3) is 11.8. The summed E-state index contributed by atoms with van der Waals surface area (Å²) in [5.41, 5.74) is 0. The number of carbonyl (C=O) groups is 1. The van der Waals surface area contributed by atoms with Crippen molar-refractivity contribution in [1.82, 2.24) is 0 Å². The van der Waals surface area contributed by atoms with Crippen molar-refractivity contribution in [2.45, 2.75) is 63.9 Å². The Morgan fingerprint density at radius 2 is 1.45 bits per heavy atom. The smallest absolute Gasteiger partial charge is 0.122 e. The number of aliphatic hydroxyl groups excluding tert-OH is 5. The molecular weight excluding hydrogens is 294 g/mol. The minimum atomic E-state index is -2.31. The van der Waals surface area contributed by atoms with Gasteiger partial charge in [-0.1, -0.05) is 26.7 Å². The zero-order chi connectivity index (χ0) is 17.5. The van der Waals surface area contributed by atoms with Gasteiger partial charge in [0.05, 0.1) is 25.7 Å². The maximum Gasteiger partial charge on any atom is 0.122 e. The second-order valence-corrected chi connectivity index (χ2v) is 5.07. The topological polar surface area (TPSA) is 158 Å². The molecule has 0 rings (SSSR count). The van der Waals surface area contributed by atoms with Gasteiger partial charge in [-0.15, -0.1) is 0 Å². The zero-order valence-electron chi connectivity index (χ0n) is 13.4. The lowest BCUT2D eigenvalue weighted by Gasteiger charge is -2.25. The lowest BCUT2D eigenvalue weighted by molar-refractivity contribution is -0.655. The fraction of sp³-hybridized carbons (Fsp3) is 0.929. The number of hydrogen-bond donors (Lipinski definition) is 6. The summed E-state index contributed by atoms with van der Waals surface area (Å²) in [6, 6.07) is 0. The van der Waals surface area contributed by atoms with Gasteiger partial charge in [-0.3, -0.25) is 0 Å². The van der Waals surface area contributed by atoms with Crippen LogP contribution in [-0.2, 0) is 4.79 Å². The van der Waals surface area contributed by atoms with E-state index in [-0.39, 0.29) is 0 Å². The van der Waals surface area contributed by atoms with E-state index in [1.54, 1.807) is 0 Å². The monoisotopic (exact) mass is 325 g/mol. The third-order valence-corrected chi connectivity index (χ3v) is 3.02. The van der Waals surface area contributed by atoms with Gasteiger partial charge < -0.3 is 40.8 Å². The molecule has 134 valence electrons. The molecule has 0 bridgehead atoms. The molecule has 0 saturated heterocycles. The lowest BCUT2D eigenvalue weighted by atomic mass is 10.0. The fourth-order valence-corrected chi connectivity index (χ4v) is 1.50. The van der Waals surface area contributed by atoms with Crippen LogP contribution in [-0.4, -0.2) is 75.6 Å². The Labute approximate surface area is 131 Å². The first-order chi connectivity index (χ1) is 10.3. The molecule has 8 heteroatoms. The number of hydrogen-bond acceptors (Lipinski definition) is 7. The predicted octanol–water partition coefficient (Wildman–Crippen LogP) is -3.68. The van der Waals surface area contributed by atoms with E-state index in [9.17, 15) is 9.90 Å². The quantitative estimate of drug-likeness (QED) is 0.213. The average molecular weight is 325 g/mol. The Hall–Kier alpha value is -0.770. The molecule has 0 amide bonds. The number of carbonyl (C=O) groups excluding carboxylic acids is 1. The summed E-state index contributed by atoms with van der Waals surface area (Å²) in [5.74, 6) is -1.98. The van der Waals surface area contributed by atoms with Crippen LogP contribution in [0.5, 0.6) is 0 Å². The third-order valence-electron chi connectivity index (χ3n) is 3.02. The van der Waals surface area contributed by atoms with Crippen molar-refractivity contribution in [3.8, 4) is 0 Å². The molecule has 0 fully saturated rings. The summed E-state index contributed by atoms with van der Waals surface area (Å²) in [6.45, 7) is 6.28. The standard InChI is InChI=1S/C8H19N.C6H12O7/c1-3-5-7-9-8-6-4-2;7-1-2(8)3(9)4(10)5(11)6(12)13/h9H,3-8H2,1-2H3;2-5,7-11H,1H2,(H,12,13)/t;2-,3-,4+,5-/m.1/s1. The Morgan fingerprint density at radius 1 is 1.00 bits per heavy atom. The largest absolute Gasteiger partial charge is 0.547 e. The predicted molar refractivity (Wildman–Crippen MR) is 77.6 cm³/mol. The number of unbranched alkanes of at least 4 members (excludes halogenated alkanes) is 2. The Morgan fingerprint density at radius 3 is 1.77 bits per heavy atom. The molecule has 0 unspecified atom stereocenters. The second-order valence-electron chi connectivity index (χ2n) is 5.07. The van der Waals surface area contributed by atoms with Gasteiger partial charge in [-0.25, -0.2) is 0 Å². The van der Waals surface area contributed by atoms with Crippen LogP contribution in [0.1, 0.15) is 39.5 Å². The Bertz CT molecular complexity index is 260. The first-order valence-corrected chi connectivity index (χ1v) is 7.68. The highest BCUT2D eigenvalue weighted by Crippen LogP contribution is 2.04. The Balaban J connectivity index is 0. The van der Waals surface area contributed by atoms with Crippen LogP contribution in [0.2, 0.25) is 0 Å². The van der Waals surface area contributed by atoms with E-state index in [0.29, 0.717) is 0 Å². The summed E-state index contributed by atoms with van der Waals surface area (Å²) in [5, 5.41) is 55.9. The number of quaternary nitrogens is 1. The SMILES string of the molecule is CCCC[NH2+]CCCC.O=C([O-])[C@H](O)[C@@H](O)[C@H](O)[C@H](O)CO. The number of rotatable bonds is 11. The van der Waals surface area contributed by atoms with Crippen molar-refractivity contribution in [3.63, 3.8) is 0 Å². The number of nitrogens with two attached hydrogens (primary N) is 1. The molecule has 0 radical (unpaired) electrons. The molecule has 22 heavy (non-hydrogen) atoms. The first kappa shape index (κ1) is 23.5. The fourth-order valence-electron chi connectivity index (χ4n) is 1.50. The summed E-state index contributed by atoms with van der Waals surface area (Å²) in [6.07, 6.45) is -2.65. The van der Waals surface area contributed by atoms with Crippen LogP contribution in [0, 0.1) is 0 Å². The van der Waals surface area contributed by atoms with Gasteiger partial charge in [-0.2, -0.15) is 0 Å². The first-order valence-electron chi connectivity index (χ1n) is 7.68. The van der Waals surface area contributed by atoms with Crippen LogP contribution < -0.4 is 10.4 Å². The molecular formula is C14H31NO7. The van der Waals surface area contributed by atoms with E-state index in [4.69, 9.17) is 25.5 Å². The van der Waals surface area contributed by atoms with Crippen molar-refractivity contribution in [1.29, 1.82) is 0 Å². The highest BCUT2D eigenvalue weighted by molar-refractivity contribution is 5.70. The average Bonchev–Trinajstić information content (AvgIpc) is 2.52. The number of carboxylic acid groups (broad SMARTS) is 1. The van der Waals surface area contributed by atoms with Gasteiger partial charge in [0.2, 0.25) is 0 Å². The van der Waals surface area contributed by atoms with Crippen LogP contribution >= 0.6 is 0 Å². The molecule has 0 aromatic rings. The van der Waals surface area contributed by atoms with E-state index in [2.05, 4.69) is 19.2 Å². The zero-order valence-corrected chi connectivity index (χ0v) is 13.4. The molecule has 0 spiro atoms. The molecule has 0 aliphatic carbocycles.